The van der Waals surface area contributed by atoms with Gasteiger partial charge in [0.15, 0.2) is 0 Å². The van der Waals surface area contributed by atoms with Crippen LogP contribution >= 0.6 is 0 Å². The zero-order chi connectivity index (χ0) is 66.0. The highest BCUT2D eigenvalue weighted by Crippen LogP contribution is 2.31. The first-order valence-corrected chi connectivity index (χ1v) is 32.2. The van der Waals surface area contributed by atoms with E-state index in [9.17, 15) is 0 Å². The van der Waals surface area contributed by atoms with Crippen LogP contribution in [0.2, 0.25) is 0 Å². The second kappa shape index (κ2) is 83.4. The van der Waals surface area contributed by atoms with Crippen LogP contribution in [-0.2, 0) is 22.6 Å². The van der Waals surface area contributed by atoms with Crippen molar-refractivity contribution in [2.45, 2.75) is 157 Å². The zero-order valence-corrected chi connectivity index (χ0v) is 56.8. The standard InChI is InChI=1S/C10H24N2.C9H24N4.C8H18N2.C8H12N2.C6H16N2O2.C6H16N2.2C5H14N2.C3H9N.CH6N2/c1-3-5-6-10(4-2,9-12)7-8-11;1-10-4-7-13(8-5-11-2)9-6-12-3;2*9-5-7-1-2-8(6-10)4-3-7;7-1-3-9-5-6-10-4-2-8;1-6(5-8)3-2-4-7;1-5(2,3-6)4-7;1-2-5(7)3-4-6;1-2-3-4;2-1-3/h3-9,11-12H2,1-2H3;10-12H,4-9H2,1-3H3;7-8H,1-6,9-10H2;1-4H,5-6,9-10H2;1-8H2;6H,2-5,7-8H2,1H3;3-4,6-7H2,1-2H3;5H,2-4,6-7H2,1H3;2-4H2,1H3;1-3H2. The lowest BCUT2D eigenvalue weighted by Gasteiger charge is -2.31. The first-order chi connectivity index (χ1) is 40.3. The molecule has 84 heavy (non-hydrogen) atoms. The highest BCUT2D eigenvalue weighted by atomic mass is 16.5. The SMILES string of the molecule is CC(C)(CN)CN.CC(CN)CCCN.CCC(N)CCN.CCCCC(CC)(CN)CCN.CCCN.CNCCN(CCNC)CCNC.NCC1CCC(CN)CC1.NCCOCCOCCN.NCN.NCc1ccc(CN)cc1. The summed E-state index contributed by atoms with van der Waals surface area (Å²) in [7, 11) is 5.98. The number of hydrogen-bond acceptors (Lipinski definition) is 23. The predicted molar refractivity (Wildman–Crippen MR) is 372 cm³/mol. The van der Waals surface area contributed by atoms with Crippen LogP contribution in [0.4, 0.5) is 0 Å². The molecule has 3 atom stereocenters. The van der Waals surface area contributed by atoms with Gasteiger partial charge in [-0.25, -0.2) is 0 Å². The number of nitrogens with two attached hydrogens (primary N) is 17. The van der Waals surface area contributed by atoms with Crippen molar-refractivity contribution < 1.29 is 9.47 Å². The summed E-state index contributed by atoms with van der Waals surface area (Å²) in [5.41, 5.74) is 92.8. The van der Waals surface area contributed by atoms with Crippen LogP contribution in [0.3, 0.4) is 0 Å². The maximum atomic E-state index is 5.79. The molecule has 0 amide bonds. The van der Waals surface area contributed by atoms with E-state index in [0.717, 1.165) is 147 Å². The highest BCUT2D eigenvalue weighted by Gasteiger charge is 2.24. The summed E-state index contributed by atoms with van der Waals surface area (Å²) in [4.78, 5) is 2.45. The molecular formula is C61H153N21O2. The van der Waals surface area contributed by atoms with Crippen molar-refractivity contribution in [3.05, 3.63) is 35.4 Å². The zero-order valence-electron chi connectivity index (χ0n) is 56.8. The van der Waals surface area contributed by atoms with Gasteiger partial charge in [0.05, 0.1) is 26.4 Å². The van der Waals surface area contributed by atoms with E-state index in [2.05, 4.69) is 66.9 Å². The van der Waals surface area contributed by atoms with Crippen molar-refractivity contribution in [2.75, 3.05) is 172 Å². The van der Waals surface area contributed by atoms with E-state index >= 15 is 0 Å². The molecule has 1 fully saturated rings. The van der Waals surface area contributed by atoms with Crippen LogP contribution < -0.4 is 113 Å². The molecule has 3 unspecified atom stereocenters. The number of nitrogens with one attached hydrogen (secondary N) is 3. The molecule has 0 bridgehead atoms. The predicted octanol–water partition coefficient (Wildman–Crippen LogP) is 0.617. The quantitative estimate of drug-likeness (QED) is 0.0321. The number of rotatable bonds is 37. The van der Waals surface area contributed by atoms with Gasteiger partial charge in [-0.3, -0.25) is 4.90 Å². The fourth-order valence-electron chi connectivity index (χ4n) is 6.92. The molecule has 0 aliphatic heterocycles. The van der Waals surface area contributed by atoms with Gasteiger partial charge >= 0.3 is 0 Å². The lowest BCUT2D eigenvalue weighted by atomic mass is 9.77. The fraction of sp³-hybridized carbons (Fsp3) is 0.902. The molecule has 1 saturated carbocycles. The maximum Gasteiger partial charge on any atom is 0.0701 e. The van der Waals surface area contributed by atoms with Gasteiger partial charge in [-0.2, -0.15) is 0 Å². The Morgan fingerprint density at radius 3 is 1.14 bits per heavy atom. The molecule has 23 heteroatoms. The average Bonchev–Trinajstić information content (AvgIpc) is 3.60. The lowest BCUT2D eigenvalue weighted by Crippen LogP contribution is -2.39. The Kier molecular flexibility index (Phi) is 97.8. The summed E-state index contributed by atoms with van der Waals surface area (Å²) in [6, 6.07) is 8.33. The van der Waals surface area contributed by atoms with Crippen LogP contribution in [0.5, 0.6) is 0 Å². The third-order valence-corrected chi connectivity index (χ3v) is 13.7. The summed E-state index contributed by atoms with van der Waals surface area (Å²) < 4.78 is 10.1. The van der Waals surface area contributed by atoms with Crippen LogP contribution in [-0.4, -0.2) is 183 Å². The van der Waals surface area contributed by atoms with Crippen molar-refractivity contribution in [3.63, 3.8) is 0 Å². The molecular weight excluding hydrogens is 1060 g/mol. The van der Waals surface area contributed by atoms with E-state index in [4.69, 9.17) is 95.5 Å². The van der Waals surface area contributed by atoms with Crippen LogP contribution in [0.15, 0.2) is 24.3 Å². The monoisotopic (exact) mass is 1210 g/mol. The van der Waals surface area contributed by atoms with Crippen LogP contribution in [0.25, 0.3) is 0 Å². The second-order valence-electron chi connectivity index (χ2n) is 21.9. The molecule has 37 N–H and O–H groups in total. The smallest absolute Gasteiger partial charge is 0.0701 e. The largest absolute Gasteiger partial charge is 0.378 e. The van der Waals surface area contributed by atoms with Gasteiger partial charge < -0.3 is 123 Å². The van der Waals surface area contributed by atoms with Gasteiger partial charge in [-0.1, -0.05) is 85.6 Å². The van der Waals surface area contributed by atoms with Gasteiger partial charge in [0.25, 0.3) is 0 Å². The summed E-state index contributed by atoms with van der Waals surface area (Å²) in [6.45, 7) is 34.2. The Morgan fingerprint density at radius 2 is 0.929 bits per heavy atom. The number of benzene rings is 1. The van der Waals surface area contributed by atoms with Gasteiger partial charge in [0, 0.05) is 78.2 Å². The minimum absolute atomic E-state index is 0.139. The van der Waals surface area contributed by atoms with Crippen molar-refractivity contribution in [1.82, 2.24) is 20.9 Å². The Labute approximate surface area is 519 Å². The second-order valence-corrected chi connectivity index (χ2v) is 21.9. The van der Waals surface area contributed by atoms with E-state index in [1.807, 2.05) is 59.3 Å². The number of likely N-dealkylation sites (N-methyl/N-ethyl adjacent to an activating group) is 3. The molecule has 1 aliphatic carbocycles. The molecule has 0 spiro atoms. The van der Waals surface area contributed by atoms with E-state index in [1.165, 1.54) is 57.8 Å². The van der Waals surface area contributed by atoms with Crippen LogP contribution in [0.1, 0.15) is 149 Å². The normalized spacial score (nSPS) is 14.5. The van der Waals surface area contributed by atoms with E-state index in [0.29, 0.717) is 83.1 Å². The molecule has 23 nitrogen and oxygen atoms in total. The molecule has 0 aromatic heterocycles. The molecule has 1 aromatic carbocycles. The van der Waals surface area contributed by atoms with Crippen molar-refractivity contribution in [1.29, 1.82) is 0 Å². The summed E-state index contributed by atoms with van der Waals surface area (Å²) >= 11 is 0. The van der Waals surface area contributed by atoms with E-state index in [-0.39, 0.29) is 12.1 Å². The van der Waals surface area contributed by atoms with Crippen molar-refractivity contribution in [3.8, 4) is 0 Å². The van der Waals surface area contributed by atoms with Gasteiger partial charge in [0.2, 0.25) is 0 Å². The summed E-state index contributed by atoms with van der Waals surface area (Å²) in [5.74, 6) is 2.24. The Hall–Kier alpha value is -1.70. The molecule has 1 aromatic rings. The topological polar surface area (TPSA) is 500 Å². The lowest BCUT2D eigenvalue weighted by molar-refractivity contribution is 0.0538. The summed E-state index contributed by atoms with van der Waals surface area (Å²) in [5, 5.41) is 9.51. The summed E-state index contributed by atoms with van der Waals surface area (Å²) in [6.07, 6.45) is 16.6. The molecule has 0 radical (unpaired) electrons. The number of hydrogen-bond donors (Lipinski definition) is 20. The molecule has 0 saturated heterocycles. The van der Waals surface area contributed by atoms with Crippen LogP contribution in [0, 0.1) is 28.6 Å². The number of unbranched alkanes of at least 4 members (excludes halogenated alkanes) is 1. The Balaban J connectivity index is -0.000000130. The fourth-order valence-corrected chi connectivity index (χ4v) is 6.92. The van der Waals surface area contributed by atoms with Gasteiger partial charge in [-0.05, 0) is 203 Å². The first-order valence-electron chi connectivity index (χ1n) is 32.2. The van der Waals surface area contributed by atoms with E-state index < -0.39 is 0 Å². The van der Waals surface area contributed by atoms with Gasteiger partial charge in [-0.15, -0.1) is 0 Å². The molecule has 2 rings (SSSR count). The molecule has 0 heterocycles. The highest BCUT2D eigenvalue weighted by molar-refractivity contribution is 5.21. The Bertz CT molecular complexity index is 1170. The third kappa shape index (κ3) is 82.4. The van der Waals surface area contributed by atoms with E-state index in [1.54, 1.807) is 0 Å². The number of ether oxygens (including phenoxy) is 2. The minimum atomic E-state index is 0.139. The number of nitrogens with zero attached hydrogens (tertiary/aromatic N) is 1. The first kappa shape index (κ1) is 98.5. The minimum Gasteiger partial charge on any atom is -0.378 e. The van der Waals surface area contributed by atoms with Crippen molar-refractivity contribution in [2.24, 2.45) is 126 Å². The third-order valence-electron chi connectivity index (χ3n) is 13.7. The molecule has 1 aliphatic rings. The molecule has 514 valence electrons. The Morgan fingerprint density at radius 1 is 0.524 bits per heavy atom. The van der Waals surface area contributed by atoms with Crippen molar-refractivity contribution >= 4 is 0 Å². The maximum absolute atomic E-state index is 5.79. The average molecular weight is 1210 g/mol. The van der Waals surface area contributed by atoms with Gasteiger partial charge in [0.1, 0.15) is 0 Å².